The van der Waals surface area contributed by atoms with Crippen molar-refractivity contribution < 1.29 is 32.2 Å². The molecule has 212 valence electrons. The van der Waals surface area contributed by atoms with E-state index in [-0.39, 0.29) is 11.9 Å². The Morgan fingerprint density at radius 3 is 2.35 bits per heavy atom. The fourth-order valence-electron chi connectivity index (χ4n) is 3.62. The van der Waals surface area contributed by atoms with Crippen LogP contribution in [0.2, 0.25) is 0 Å². The number of nitrogens with zero attached hydrogens (tertiary/aromatic N) is 1. The van der Waals surface area contributed by atoms with Gasteiger partial charge in [0, 0.05) is 23.6 Å². The van der Waals surface area contributed by atoms with E-state index in [4.69, 9.17) is 20.6 Å². The average molecular weight is 559 g/mol. The molecule has 40 heavy (non-hydrogen) atoms. The largest absolute Gasteiger partial charge is 0.490 e. The lowest BCUT2D eigenvalue weighted by atomic mass is 10.0. The van der Waals surface area contributed by atoms with Crippen LogP contribution in [0.4, 0.5) is 18.9 Å². The third kappa shape index (κ3) is 7.62. The van der Waals surface area contributed by atoms with E-state index in [1.807, 2.05) is 19.3 Å². The van der Waals surface area contributed by atoms with Gasteiger partial charge in [-0.25, -0.2) is 0 Å². The van der Waals surface area contributed by atoms with Crippen LogP contribution in [-0.2, 0) is 11.0 Å². The molecule has 13 heteroatoms. The van der Waals surface area contributed by atoms with Crippen LogP contribution in [0.1, 0.15) is 53.9 Å². The van der Waals surface area contributed by atoms with Crippen LogP contribution in [0.3, 0.4) is 0 Å². The Hall–Kier alpha value is -4.81. The molecule has 0 radical (unpaired) electrons. The molecule has 1 heterocycles. The predicted molar refractivity (Wildman–Crippen MR) is 142 cm³/mol. The number of ether oxygens (including phenoxy) is 2. The van der Waals surface area contributed by atoms with E-state index in [2.05, 4.69) is 15.7 Å². The second-order valence-corrected chi connectivity index (χ2v) is 8.74. The van der Waals surface area contributed by atoms with E-state index >= 15 is 0 Å². The molecule has 0 bridgehead atoms. The highest BCUT2D eigenvalue weighted by molar-refractivity contribution is 5.98. The summed E-state index contributed by atoms with van der Waals surface area (Å²) in [5.74, 6) is -1.31. The minimum atomic E-state index is -4.80. The molecular weight excluding hydrogens is 529 g/mol. The molecule has 0 saturated carbocycles. The molecule has 0 aliphatic heterocycles. The summed E-state index contributed by atoms with van der Waals surface area (Å²) in [4.78, 5) is 29.5. The number of nitrogens with two attached hydrogens (primary N) is 1. The minimum absolute atomic E-state index is 0.140. The molecule has 0 saturated heterocycles. The average Bonchev–Trinajstić information content (AvgIpc) is 2.91. The number of carbonyl (C=O) groups is 2. The molecule has 0 aliphatic carbocycles. The molecule has 1 aromatic heterocycles. The molecule has 1 unspecified atom stereocenters. The van der Waals surface area contributed by atoms with E-state index in [0.717, 1.165) is 12.4 Å². The number of nitrogens with one attached hydrogen (secondary N) is 4. The first-order chi connectivity index (χ1) is 18.9. The summed E-state index contributed by atoms with van der Waals surface area (Å²) in [6, 6.07) is 10.7. The van der Waals surface area contributed by atoms with Gasteiger partial charge in [0.1, 0.15) is 11.9 Å². The van der Waals surface area contributed by atoms with Crippen LogP contribution < -0.4 is 31.4 Å². The summed E-state index contributed by atoms with van der Waals surface area (Å²) in [5, 5.41) is 10.6. The van der Waals surface area contributed by atoms with Gasteiger partial charge in [0.25, 0.3) is 11.8 Å². The molecule has 3 rings (SSSR count). The highest BCUT2D eigenvalue weighted by atomic mass is 19.4. The van der Waals surface area contributed by atoms with Crippen molar-refractivity contribution in [1.29, 1.82) is 5.41 Å². The number of halogens is 3. The van der Waals surface area contributed by atoms with Gasteiger partial charge in [-0.1, -0.05) is 6.07 Å². The Kier molecular flexibility index (Phi) is 9.54. The number of hydrogen-bond donors (Lipinski definition) is 5. The zero-order valence-electron chi connectivity index (χ0n) is 21.9. The van der Waals surface area contributed by atoms with Gasteiger partial charge in [0.05, 0.1) is 23.8 Å². The fourth-order valence-corrected chi connectivity index (χ4v) is 3.62. The quantitative estimate of drug-likeness (QED) is 0.142. The van der Waals surface area contributed by atoms with Crippen LogP contribution in [0.15, 0.2) is 60.9 Å². The monoisotopic (exact) mass is 558 g/mol. The van der Waals surface area contributed by atoms with Crippen LogP contribution >= 0.6 is 0 Å². The van der Waals surface area contributed by atoms with E-state index in [0.29, 0.717) is 41.0 Å². The molecule has 2 amide bonds. The predicted octanol–water partition coefficient (Wildman–Crippen LogP) is 4.18. The molecule has 2 aromatic carbocycles. The maximum atomic E-state index is 13.3. The van der Waals surface area contributed by atoms with Gasteiger partial charge >= 0.3 is 6.18 Å². The first-order valence-corrected chi connectivity index (χ1v) is 12.2. The number of rotatable bonds is 10. The van der Waals surface area contributed by atoms with Crippen LogP contribution in [0.25, 0.3) is 0 Å². The van der Waals surface area contributed by atoms with Gasteiger partial charge in [0.2, 0.25) is 0 Å². The van der Waals surface area contributed by atoms with Gasteiger partial charge in [-0.05, 0) is 68.8 Å². The van der Waals surface area contributed by atoms with E-state index < -0.39 is 35.2 Å². The normalized spacial score (nSPS) is 11.9. The summed E-state index contributed by atoms with van der Waals surface area (Å²) in [7, 11) is 0. The molecule has 3 aromatic rings. The Morgan fingerprint density at radius 2 is 1.75 bits per heavy atom. The van der Waals surface area contributed by atoms with Crippen molar-refractivity contribution in [1.82, 2.24) is 15.8 Å². The number of aromatic nitrogens is 1. The Morgan fingerprint density at radius 1 is 1.05 bits per heavy atom. The SMILES string of the molecule is CCOc1cc(C(Nc2ccc(C(=N)N)cc2)C(=O)NNC(=O)c2cnccc2C(F)(F)F)ccc1OC(C)C. The number of amides is 2. The van der Waals surface area contributed by atoms with E-state index in [9.17, 15) is 22.8 Å². The topological polar surface area (TPSA) is 151 Å². The highest BCUT2D eigenvalue weighted by Crippen LogP contribution is 2.33. The summed E-state index contributed by atoms with van der Waals surface area (Å²) in [6.07, 6.45) is -3.27. The Labute approximate surface area is 228 Å². The lowest BCUT2D eigenvalue weighted by molar-refractivity contribution is -0.138. The van der Waals surface area contributed by atoms with Gasteiger partial charge in [-0.15, -0.1) is 0 Å². The number of alkyl halides is 3. The molecule has 1 atom stereocenters. The number of benzene rings is 2. The van der Waals surface area contributed by atoms with Crippen LogP contribution in [0.5, 0.6) is 11.5 Å². The van der Waals surface area contributed by atoms with Gasteiger partial charge in [-0.3, -0.25) is 30.8 Å². The smallest absolute Gasteiger partial charge is 0.417 e. The van der Waals surface area contributed by atoms with Gasteiger partial charge in [0.15, 0.2) is 11.5 Å². The third-order valence-electron chi connectivity index (χ3n) is 5.40. The Balaban J connectivity index is 1.91. The summed E-state index contributed by atoms with van der Waals surface area (Å²) < 4.78 is 51.5. The summed E-state index contributed by atoms with van der Waals surface area (Å²) >= 11 is 0. The summed E-state index contributed by atoms with van der Waals surface area (Å²) in [6.45, 7) is 5.80. The number of hydrazine groups is 1. The maximum Gasteiger partial charge on any atom is 0.417 e. The van der Waals surface area contributed by atoms with Crippen molar-refractivity contribution in [2.75, 3.05) is 11.9 Å². The highest BCUT2D eigenvalue weighted by Gasteiger charge is 2.35. The van der Waals surface area contributed by atoms with Gasteiger partial charge < -0.3 is 20.5 Å². The second kappa shape index (κ2) is 12.8. The van der Waals surface area contributed by atoms with Crippen LogP contribution in [-0.4, -0.2) is 35.3 Å². The standard InChI is InChI=1S/C27H29F3N6O4/c1-4-39-22-13-17(7-10-21(22)40-15(2)3)23(34-18-8-5-16(6-9-18)24(31)32)26(38)36-35-25(37)19-14-33-12-11-20(19)27(28,29)30/h5-15,23,34H,4H2,1-3H3,(H3,31,32)(H,35,37)(H,36,38). The van der Waals surface area contributed by atoms with Crippen LogP contribution in [0, 0.1) is 5.41 Å². The van der Waals surface area contributed by atoms with E-state index in [1.54, 1.807) is 49.4 Å². The molecular formula is C27H29F3N6O4. The Bertz CT molecular complexity index is 1360. The van der Waals surface area contributed by atoms with E-state index in [1.165, 1.54) is 0 Å². The number of anilines is 1. The number of pyridine rings is 1. The first-order valence-electron chi connectivity index (χ1n) is 12.2. The fraction of sp³-hybridized carbons (Fsp3) is 0.259. The number of nitrogen functional groups attached to an aromatic ring is 1. The maximum absolute atomic E-state index is 13.3. The first kappa shape index (κ1) is 29.7. The van der Waals surface area contributed by atoms with Crippen molar-refractivity contribution >= 4 is 23.3 Å². The number of carbonyl (C=O) groups excluding carboxylic acids is 2. The minimum Gasteiger partial charge on any atom is -0.490 e. The van der Waals surface area contributed by atoms with Crippen molar-refractivity contribution in [2.45, 2.75) is 39.1 Å². The zero-order valence-corrected chi connectivity index (χ0v) is 21.9. The van der Waals surface area contributed by atoms with Crippen molar-refractivity contribution in [3.63, 3.8) is 0 Å². The van der Waals surface area contributed by atoms with Crippen molar-refractivity contribution in [3.8, 4) is 11.5 Å². The second-order valence-electron chi connectivity index (χ2n) is 8.74. The number of hydrogen-bond acceptors (Lipinski definition) is 7. The third-order valence-corrected chi connectivity index (χ3v) is 5.40. The molecule has 0 aliphatic rings. The van der Waals surface area contributed by atoms with Crippen molar-refractivity contribution in [3.05, 3.63) is 83.2 Å². The summed E-state index contributed by atoms with van der Waals surface area (Å²) in [5.41, 5.74) is 9.10. The van der Waals surface area contributed by atoms with Gasteiger partial charge in [-0.2, -0.15) is 13.2 Å². The molecule has 6 N–H and O–H groups in total. The molecule has 0 fully saturated rings. The lowest BCUT2D eigenvalue weighted by Crippen LogP contribution is -2.46. The number of amidine groups is 1. The lowest BCUT2D eigenvalue weighted by Gasteiger charge is -2.22. The molecule has 0 spiro atoms. The zero-order chi connectivity index (χ0) is 29.4. The van der Waals surface area contributed by atoms with Crippen molar-refractivity contribution in [2.24, 2.45) is 5.73 Å². The molecule has 10 nitrogen and oxygen atoms in total.